The standard InChI is InChI=1S/C11H12N2O2S2/c1-14-9-3-4-10(15-2)8(5-9)6-16-11-13-12-7-17-11/h3-5,7H,6H2,1-2H3. The quantitative estimate of drug-likeness (QED) is 0.780. The highest BCUT2D eigenvalue weighted by Crippen LogP contribution is 2.31. The lowest BCUT2D eigenvalue weighted by atomic mass is 10.2. The summed E-state index contributed by atoms with van der Waals surface area (Å²) in [7, 11) is 3.32. The highest BCUT2D eigenvalue weighted by atomic mass is 32.2. The molecule has 0 fully saturated rings. The molecule has 90 valence electrons. The van der Waals surface area contributed by atoms with Crippen LogP contribution >= 0.6 is 23.1 Å². The molecule has 1 aromatic carbocycles. The van der Waals surface area contributed by atoms with Crippen molar-refractivity contribution in [3.63, 3.8) is 0 Å². The van der Waals surface area contributed by atoms with E-state index in [-0.39, 0.29) is 0 Å². The van der Waals surface area contributed by atoms with Crippen molar-refractivity contribution in [2.75, 3.05) is 14.2 Å². The molecule has 0 N–H and O–H groups in total. The molecule has 2 rings (SSSR count). The molecule has 1 aromatic heterocycles. The average molecular weight is 268 g/mol. The van der Waals surface area contributed by atoms with Gasteiger partial charge in [0.25, 0.3) is 0 Å². The SMILES string of the molecule is COc1ccc(OC)c(CSc2nncs2)c1. The summed E-state index contributed by atoms with van der Waals surface area (Å²) in [6, 6.07) is 5.78. The monoisotopic (exact) mass is 268 g/mol. The fraction of sp³-hybridized carbons (Fsp3) is 0.273. The van der Waals surface area contributed by atoms with Crippen LogP contribution < -0.4 is 9.47 Å². The van der Waals surface area contributed by atoms with Crippen molar-refractivity contribution in [2.24, 2.45) is 0 Å². The highest BCUT2D eigenvalue weighted by Gasteiger charge is 2.07. The van der Waals surface area contributed by atoms with Crippen LogP contribution in [0.15, 0.2) is 28.0 Å². The smallest absolute Gasteiger partial charge is 0.174 e. The third-order valence-electron chi connectivity index (χ3n) is 2.18. The summed E-state index contributed by atoms with van der Waals surface area (Å²) in [6.45, 7) is 0. The molecule has 0 aliphatic heterocycles. The predicted molar refractivity (Wildman–Crippen MR) is 69.0 cm³/mol. The molecule has 0 radical (unpaired) electrons. The third-order valence-corrected chi connectivity index (χ3v) is 4.09. The van der Waals surface area contributed by atoms with Gasteiger partial charge in [-0.1, -0.05) is 23.1 Å². The lowest BCUT2D eigenvalue weighted by Gasteiger charge is -2.09. The van der Waals surface area contributed by atoms with Gasteiger partial charge in [-0.3, -0.25) is 0 Å². The number of aromatic nitrogens is 2. The maximum absolute atomic E-state index is 5.31. The second kappa shape index (κ2) is 5.88. The van der Waals surface area contributed by atoms with Crippen molar-refractivity contribution in [1.29, 1.82) is 0 Å². The summed E-state index contributed by atoms with van der Waals surface area (Å²) < 4.78 is 11.5. The molecule has 4 nitrogen and oxygen atoms in total. The van der Waals surface area contributed by atoms with Crippen LogP contribution in [0.5, 0.6) is 11.5 Å². The number of nitrogens with zero attached hydrogens (tertiary/aromatic N) is 2. The molecule has 0 spiro atoms. The molecule has 0 bridgehead atoms. The summed E-state index contributed by atoms with van der Waals surface area (Å²) in [4.78, 5) is 0. The number of hydrogen-bond donors (Lipinski definition) is 0. The Labute approximate surface area is 108 Å². The van der Waals surface area contributed by atoms with E-state index < -0.39 is 0 Å². The van der Waals surface area contributed by atoms with Gasteiger partial charge in [-0.2, -0.15) is 0 Å². The first kappa shape index (κ1) is 12.2. The van der Waals surface area contributed by atoms with Gasteiger partial charge in [0, 0.05) is 11.3 Å². The Hall–Kier alpha value is -1.27. The summed E-state index contributed by atoms with van der Waals surface area (Å²) in [6.07, 6.45) is 0. The Morgan fingerprint density at radius 2 is 2.18 bits per heavy atom. The lowest BCUT2D eigenvalue weighted by molar-refractivity contribution is 0.400. The number of ether oxygens (including phenoxy) is 2. The maximum Gasteiger partial charge on any atom is 0.174 e. The van der Waals surface area contributed by atoms with Gasteiger partial charge >= 0.3 is 0 Å². The fourth-order valence-electron chi connectivity index (χ4n) is 1.36. The minimum absolute atomic E-state index is 0.787. The second-order valence-corrected chi connectivity index (χ2v) is 5.23. The average Bonchev–Trinajstić information content (AvgIpc) is 2.89. The zero-order valence-corrected chi connectivity index (χ0v) is 11.2. The topological polar surface area (TPSA) is 44.2 Å². The summed E-state index contributed by atoms with van der Waals surface area (Å²) in [5.41, 5.74) is 2.82. The zero-order valence-electron chi connectivity index (χ0n) is 9.54. The lowest BCUT2D eigenvalue weighted by Crippen LogP contribution is -1.92. The number of thioether (sulfide) groups is 1. The molecule has 0 unspecified atom stereocenters. The molecule has 0 saturated heterocycles. The van der Waals surface area contributed by atoms with Crippen LogP contribution in [0.1, 0.15) is 5.56 Å². The van der Waals surface area contributed by atoms with Crippen molar-refractivity contribution in [2.45, 2.75) is 10.1 Å². The van der Waals surface area contributed by atoms with E-state index >= 15 is 0 Å². The van der Waals surface area contributed by atoms with Crippen LogP contribution in [0.2, 0.25) is 0 Å². The maximum atomic E-state index is 5.31. The van der Waals surface area contributed by atoms with E-state index in [0.717, 1.165) is 27.2 Å². The van der Waals surface area contributed by atoms with Gasteiger partial charge in [-0.25, -0.2) is 0 Å². The minimum atomic E-state index is 0.787. The van der Waals surface area contributed by atoms with Crippen molar-refractivity contribution in [3.8, 4) is 11.5 Å². The van der Waals surface area contributed by atoms with E-state index in [1.807, 2.05) is 18.2 Å². The van der Waals surface area contributed by atoms with Gasteiger partial charge in [0.2, 0.25) is 0 Å². The molecule has 1 heterocycles. The van der Waals surface area contributed by atoms with E-state index in [1.54, 1.807) is 31.5 Å². The summed E-state index contributed by atoms with van der Waals surface area (Å²) in [5, 5.41) is 7.79. The van der Waals surface area contributed by atoms with Gasteiger partial charge in [0.05, 0.1) is 14.2 Å². The number of rotatable bonds is 5. The van der Waals surface area contributed by atoms with E-state index in [2.05, 4.69) is 10.2 Å². The van der Waals surface area contributed by atoms with E-state index in [9.17, 15) is 0 Å². The summed E-state index contributed by atoms with van der Waals surface area (Å²) in [5.74, 6) is 2.48. The van der Waals surface area contributed by atoms with E-state index in [1.165, 1.54) is 11.3 Å². The number of methoxy groups -OCH3 is 2. The van der Waals surface area contributed by atoms with E-state index in [4.69, 9.17) is 9.47 Å². The molecule has 0 aliphatic carbocycles. The Kier molecular flexibility index (Phi) is 4.22. The molecule has 0 atom stereocenters. The number of hydrogen-bond acceptors (Lipinski definition) is 6. The molecular formula is C11H12N2O2S2. The van der Waals surface area contributed by atoms with Crippen LogP contribution in [0.3, 0.4) is 0 Å². The molecule has 0 aliphatic rings. The normalized spacial score (nSPS) is 10.2. The molecular weight excluding hydrogens is 256 g/mol. The van der Waals surface area contributed by atoms with Gasteiger partial charge in [-0.05, 0) is 18.2 Å². The van der Waals surface area contributed by atoms with Gasteiger partial charge in [0.15, 0.2) is 4.34 Å². The second-order valence-electron chi connectivity index (χ2n) is 3.17. The molecule has 2 aromatic rings. The first-order valence-corrected chi connectivity index (χ1v) is 6.80. The first-order valence-electron chi connectivity index (χ1n) is 4.93. The zero-order chi connectivity index (χ0) is 12.1. The van der Waals surface area contributed by atoms with Gasteiger partial charge < -0.3 is 9.47 Å². The fourth-order valence-corrected chi connectivity index (χ4v) is 2.83. The van der Waals surface area contributed by atoms with Gasteiger partial charge in [0.1, 0.15) is 17.0 Å². The Balaban J connectivity index is 2.12. The largest absolute Gasteiger partial charge is 0.497 e. The Morgan fingerprint density at radius 3 is 2.82 bits per heavy atom. The first-order chi connectivity index (χ1) is 8.33. The predicted octanol–water partition coefficient (Wildman–Crippen LogP) is 2.85. The van der Waals surface area contributed by atoms with E-state index in [0.29, 0.717) is 0 Å². The van der Waals surface area contributed by atoms with Crippen molar-refractivity contribution in [3.05, 3.63) is 29.3 Å². The van der Waals surface area contributed by atoms with Crippen LogP contribution in [-0.4, -0.2) is 24.4 Å². The van der Waals surface area contributed by atoms with Crippen LogP contribution in [0.25, 0.3) is 0 Å². The Bertz CT molecular complexity index is 474. The molecule has 17 heavy (non-hydrogen) atoms. The summed E-state index contributed by atoms with van der Waals surface area (Å²) >= 11 is 3.17. The minimum Gasteiger partial charge on any atom is -0.497 e. The van der Waals surface area contributed by atoms with Crippen molar-refractivity contribution < 1.29 is 9.47 Å². The molecule has 0 amide bonds. The van der Waals surface area contributed by atoms with Crippen LogP contribution in [0, 0.1) is 0 Å². The van der Waals surface area contributed by atoms with Crippen molar-refractivity contribution in [1.82, 2.24) is 10.2 Å². The highest BCUT2D eigenvalue weighted by molar-refractivity contribution is 8.00. The number of benzene rings is 1. The molecule has 6 heteroatoms. The van der Waals surface area contributed by atoms with Gasteiger partial charge in [-0.15, -0.1) is 10.2 Å². The Morgan fingerprint density at radius 1 is 1.29 bits per heavy atom. The third kappa shape index (κ3) is 3.10. The van der Waals surface area contributed by atoms with Crippen molar-refractivity contribution >= 4 is 23.1 Å². The van der Waals surface area contributed by atoms with Crippen LogP contribution in [0.4, 0.5) is 0 Å². The molecule has 0 saturated carbocycles. The van der Waals surface area contributed by atoms with Crippen LogP contribution in [-0.2, 0) is 5.75 Å².